The standard InChI is InChI=1S/C21H27FNO5P/c1-14(2)27-29(25,28-15(3)4)20(18-8-6-7-9-19(18)22)23-17-12-10-16(11-13-17)21(24)26-5/h6-15,20,23H,1-5H3. The third-order valence-electron chi connectivity index (χ3n) is 3.84. The van der Waals surface area contributed by atoms with Gasteiger partial charge >= 0.3 is 13.6 Å². The van der Waals surface area contributed by atoms with Gasteiger partial charge in [0, 0.05) is 11.3 Å². The van der Waals surface area contributed by atoms with Gasteiger partial charge in [-0.2, -0.15) is 0 Å². The highest BCUT2D eigenvalue weighted by molar-refractivity contribution is 7.54. The Kier molecular flexibility index (Phi) is 7.96. The van der Waals surface area contributed by atoms with E-state index in [0.717, 1.165) is 0 Å². The number of halogens is 1. The van der Waals surface area contributed by atoms with Crippen molar-refractivity contribution >= 4 is 19.3 Å². The number of benzene rings is 2. The van der Waals surface area contributed by atoms with Gasteiger partial charge in [0.25, 0.3) is 0 Å². The molecule has 0 amide bonds. The fraction of sp³-hybridized carbons (Fsp3) is 0.381. The van der Waals surface area contributed by atoms with Crippen LogP contribution in [-0.4, -0.2) is 25.3 Å². The topological polar surface area (TPSA) is 73.9 Å². The second-order valence-electron chi connectivity index (χ2n) is 6.99. The summed E-state index contributed by atoms with van der Waals surface area (Å²) < 4.78 is 44.5. The quantitative estimate of drug-likeness (QED) is 0.408. The molecule has 6 nitrogen and oxygen atoms in total. The van der Waals surface area contributed by atoms with Crippen molar-refractivity contribution in [2.75, 3.05) is 12.4 Å². The van der Waals surface area contributed by atoms with Gasteiger partial charge in [0.2, 0.25) is 0 Å². The molecule has 0 spiro atoms. The van der Waals surface area contributed by atoms with Gasteiger partial charge in [-0.1, -0.05) is 18.2 Å². The molecule has 158 valence electrons. The number of methoxy groups -OCH3 is 1. The summed E-state index contributed by atoms with van der Waals surface area (Å²) in [5.74, 6) is -2.09. The van der Waals surface area contributed by atoms with E-state index in [1.54, 1.807) is 64.1 Å². The van der Waals surface area contributed by atoms with Crippen LogP contribution in [0, 0.1) is 5.82 Å². The van der Waals surface area contributed by atoms with Gasteiger partial charge < -0.3 is 19.1 Å². The molecule has 0 heterocycles. The molecule has 0 aliphatic carbocycles. The Morgan fingerprint density at radius 2 is 1.52 bits per heavy atom. The molecule has 0 bridgehead atoms. The summed E-state index contributed by atoms with van der Waals surface area (Å²) in [5, 5.41) is 3.07. The SMILES string of the molecule is COC(=O)c1ccc(NC(c2ccccc2F)P(=O)(OC(C)C)OC(C)C)cc1. The van der Waals surface area contributed by atoms with Crippen LogP contribution in [0.25, 0.3) is 0 Å². The molecule has 0 radical (unpaired) electrons. The predicted octanol–water partition coefficient (Wildman–Crippen LogP) is 5.77. The molecular weight excluding hydrogens is 396 g/mol. The maximum atomic E-state index is 14.6. The van der Waals surface area contributed by atoms with Gasteiger partial charge in [0.05, 0.1) is 24.9 Å². The number of carbonyl (C=O) groups excluding carboxylic acids is 1. The largest absolute Gasteiger partial charge is 0.465 e. The molecule has 0 aliphatic heterocycles. The monoisotopic (exact) mass is 423 g/mol. The van der Waals surface area contributed by atoms with E-state index < -0.39 is 37.4 Å². The Hall–Kier alpha value is -2.21. The summed E-state index contributed by atoms with van der Waals surface area (Å²) >= 11 is 0. The zero-order valence-corrected chi connectivity index (χ0v) is 18.1. The maximum Gasteiger partial charge on any atom is 0.357 e. The molecular formula is C21H27FNO5P. The van der Waals surface area contributed by atoms with Crippen molar-refractivity contribution in [2.24, 2.45) is 0 Å². The first-order valence-corrected chi connectivity index (χ1v) is 10.9. The van der Waals surface area contributed by atoms with Gasteiger partial charge in [-0.3, -0.25) is 4.57 Å². The highest BCUT2D eigenvalue weighted by atomic mass is 31.2. The zero-order chi connectivity index (χ0) is 21.6. The van der Waals surface area contributed by atoms with Crippen LogP contribution < -0.4 is 5.32 Å². The Morgan fingerprint density at radius 3 is 2.00 bits per heavy atom. The Morgan fingerprint density at radius 1 is 0.966 bits per heavy atom. The number of ether oxygens (including phenoxy) is 1. The Bertz CT molecular complexity index is 856. The molecule has 1 atom stereocenters. The molecule has 2 rings (SSSR count). The number of carbonyl (C=O) groups is 1. The summed E-state index contributed by atoms with van der Waals surface area (Å²) in [4.78, 5) is 11.6. The molecule has 2 aromatic carbocycles. The number of rotatable bonds is 9. The van der Waals surface area contributed by atoms with Gasteiger partial charge in [-0.25, -0.2) is 9.18 Å². The lowest BCUT2D eigenvalue weighted by Crippen LogP contribution is -2.20. The van der Waals surface area contributed by atoms with E-state index in [0.29, 0.717) is 11.3 Å². The van der Waals surface area contributed by atoms with Crippen molar-refractivity contribution < 1.29 is 27.5 Å². The number of nitrogens with one attached hydrogen (secondary N) is 1. The van der Waals surface area contributed by atoms with Crippen molar-refractivity contribution in [1.29, 1.82) is 0 Å². The summed E-state index contributed by atoms with van der Waals surface area (Å²) in [5.41, 5.74) is 1.04. The average molecular weight is 423 g/mol. The van der Waals surface area contributed by atoms with Crippen LogP contribution in [0.2, 0.25) is 0 Å². The van der Waals surface area contributed by atoms with Gasteiger partial charge in [0.1, 0.15) is 5.82 Å². The molecule has 0 saturated heterocycles. The summed E-state index contributed by atoms with van der Waals surface area (Å²) in [7, 11) is -2.54. The van der Waals surface area contributed by atoms with Crippen molar-refractivity contribution in [1.82, 2.24) is 0 Å². The van der Waals surface area contributed by atoms with E-state index >= 15 is 0 Å². The van der Waals surface area contributed by atoms with E-state index in [-0.39, 0.29) is 5.56 Å². The van der Waals surface area contributed by atoms with Crippen molar-refractivity contribution in [2.45, 2.75) is 45.7 Å². The number of hydrogen-bond donors (Lipinski definition) is 1. The zero-order valence-electron chi connectivity index (χ0n) is 17.2. The molecule has 0 fully saturated rings. The Balaban J connectivity index is 2.48. The predicted molar refractivity (Wildman–Crippen MR) is 111 cm³/mol. The molecule has 1 unspecified atom stereocenters. The normalized spacial score (nSPS) is 12.8. The lowest BCUT2D eigenvalue weighted by Gasteiger charge is -2.31. The smallest absolute Gasteiger partial charge is 0.357 e. The van der Waals surface area contributed by atoms with E-state index in [9.17, 15) is 13.8 Å². The highest BCUT2D eigenvalue weighted by Crippen LogP contribution is 2.62. The molecule has 1 N–H and O–H groups in total. The summed E-state index contributed by atoms with van der Waals surface area (Å²) in [6.45, 7) is 6.94. The summed E-state index contributed by atoms with van der Waals surface area (Å²) in [6, 6.07) is 12.4. The van der Waals surface area contributed by atoms with Crippen LogP contribution in [0.3, 0.4) is 0 Å². The van der Waals surface area contributed by atoms with Gasteiger partial charge in [-0.15, -0.1) is 0 Å². The fourth-order valence-corrected chi connectivity index (χ4v) is 5.06. The summed E-state index contributed by atoms with van der Waals surface area (Å²) in [6.07, 6.45) is -0.810. The minimum Gasteiger partial charge on any atom is -0.465 e. The molecule has 0 saturated carbocycles. The molecule has 2 aromatic rings. The molecule has 8 heteroatoms. The van der Waals surface area contributed by atoms with E-state index in [2.05, 4.69) is 5.32 Å². The number of hydrogen-bond acceptors (Lipinski definition) is 6. The minimum absolute atomic E-state index is 0.161. The van der Waals surface area contributed by atoms with Crippen LogP contribution in [0.1, 0.15) is 49.4 Å². The second-order valence-corrected chi connectivity index (χ2v) is 9.00. The highest BCUT2D eigenvalue weighted by Gasteiger charge is 2.40. The lowest BCUT2D eigenvalue weighted by molar-refractivity contribution is 0.0600. The van der Waals surface area contributed by atoms with E-state index in [1.165, 1.54) is 19.2 Å². The minimum atomic E-state index is -3.84. The van der Waals surface area contributed by atoms with Crippen LogP contribution in [0.15, 0.2) is 48.5 Å². The van der Waals surface area contributed by atoms with Crippen molar-refractivity contribution in [3.63, 3.8) is 0 Å². The number of anilines is 1. The first kappa shape index (κ1) is 23.1. The van der Waals surface area contributed by atoms with Crippen molar-refractivity contribution in [3.8, 4) is 0 Å². The third-order valence-corrected chi connectivity index (χ3v) is 6.31. The molecule has 0 aromatic heterocycles. The van der Waals surface area contributed by atoms with Crippen LogP contribution in [-0.2, 0) is 18.3 Å². The third kappa shape index (κ3) is 6.13. The molecule has 0 aliphatic rings. The first-order chi connectivity index (χ1) is 13.7. The number of esters is 1. The van der Waals surface area contributed by atoms with Gasteiger partial charge in [-0.05, 0) is 58.0 Å². The first-order valence-electron chi connectivity index (χ1n) is 9.32. The lowest BCUT2D eigenvalue weighted by atomic mass is 10.2. The fourth-order valence-electron chi connectivity index (χ4n) is 2.74. The molecule has 29 heavy (non-hydrogen) atoms. The van der Waals surface area contributed by atoms with Crippen LogP contribution >= 0.6 is 7.60 Å². The second kappa shape index (κ2) is 10.0. The van der Waals surface area contributed by atoms with E-state index in [4.69, 9.17) is 13.8 Å². The van der Waals surface area contributed by atoms with Gasteiger partial charge in [0.15, 0.2) is 5.78 Å². The van der Waals surface area contributed by atoms with Crippen LogP contribution in [0.5, 0.6) is 0 Å². The van der Waals surface area contributed by atoms with E-state index in [1.807, 2.05) is 0 Å². The van der Waals surface area contributed by atoms with Crippen molar-refractivity contribution in [3.05, 3.63) is 65.5 Å². The Labute approximate surface area is 170 Å². The van der Waals surface area contributed by atoms with Crippen LogP contribution in [0.4, 0.5) is 10.1 Å². The average Bonchev–Trinajstić information content (AvgIpc) is 2.65. The maximum absolute atomic E-state index is 14.6.